The summed E-state index contributed by atoms with van der Waals surface area (Å²) < 4.78 is -0.889. The van der Waals surface area contributed by atoms with Crippen LogP contribution in [0.2, 0.25) is 0 Å². The maximum Gasteiger partial charge on any atom is 0.322 e. The second-order valence-electron chi connectivity index (χ2n) is 10.1. The number of nitrogens with one attached hydrogen (secondary N) is 7. The average Bonchev–Trinajstić information content (AvgIpc) is 3.50. The molecule has 0 aromatic heterocycles. The molecule has 240 valence electrons. The van der Waals surface area contributed by atoms with Gasteiger partial charge in [0.15, 0.2) is 0 Å². The summed E-state index contributed by atoms with van der Waals surface area (Å²) in [6.45, 7) is -1.45. The van der Waals surface area contributed by atoms with E-state index in [0.29, 0.717) is 50.8 Å². The van der Waals surface area contributed by atoms with Crippen molar-refractivity contribution in [2.45, 2.75) is 68.2 Å². The number of carboxylic acid groups (broad SMARTS) is 2. The summed E-state index contributed by atoms with van der Waals surface area (Å²) in [6, 6.07) is -0.885. The van der Waals surface area contributed by atoms with Gasteiger partial charge in [-0.1, -0.05) is 12.8 Å². The van der Waals surface area contributed by atoms with E-state index in [1.807, 2.05) is 0 Å². The van der Waals surface area contributed by atoms with Gasteiger partial charge in [0.1, 0.15) is 11.3 Å². The Morgan fingerprint density at radius 3 is 1.88 bits per heavy atom. The van der Waals surface area contributed by atoms with Crippen LogP contribution in [0.25, 0.3) is 0 Å². The molecule has 0 saturated carbocycles. The van der Waals surface area contributed by atoms with E-state index in [4.69, 9.17) is 10.2 Å². The minimum absolute atomic E-state index is 0.0105. The lowest BCUT2D eigenvalue weighted by Crippen LogP contribution is -2.56. The molecule has 2 heterocycles. The Morgan fingerprint density at radius 1 is 0.698 bits per heavy atom. The zero-order valence-electron chi connectivity index (χ0n) is 23.6. The molecule has 0 unspecified atom stereocenters. The first-order valence-corrected chi connectivity index (χ1v) is 14.9. The van der Waals surface area contributed by atoms with Gasteiger partial charge in [-0.25, -0.2) is 4.79 Å². The predicted octanol–water partition coefficient (Wildman–Crippen LogP) is -2.61. The minimum atomic E-state index is -1.23. The molecule has 2 aliphatic heterocycles. The Labute approximate surface area is 251 Å². The topological polar surface area (TPSA) is 261 Å². The van der Waals surface area contributed by atoms with E-state index in [2.05, 4.69) is 37.2 Å². The normalized spacial score (nSPS) is 20.1. The van der Waals surface area contributed by atoms with Crippen LogP contribution in [-0.2, 0) is 33.6 Å². The second-order valence-corrected chi connectivity index (χ2v) is 11.4. The predicted molar refractivity (Wildman–Crippen MR) is 152 cm³/mol. The summed E-state index contributed by atoms with van der Waals surface area (Å²) in [6.07, 6.45) is 3.29. The van der Waals surface area contributed by atoms with Gasteiger partial charge in [-0.15, -0.1) is 11.8 Å². The molecular weight excluding hydrogens is 590 g/mol. The second kappa shape index (κ2) is 17.8. The van der Waals surface area contributed by atoms with Crippen molar-refractivity contribution in [3.05, 3.63) is 0 Å². The first-order valence-electron chi connectivity index (χ1n) is 13.9. The van der Waals surface area contributed by atoms with E-state index >= 15 is 0 Å². The van der Waals surface area contributed by atoms with Gasteiger partial charge in [0, 0.05) is 25.1 Å². The third kappa shape index (κ3) is 12.4. The summed E-state index contributed by atoms with van der Waals surface area (Å²) in [4.78, 5) is 93.2. The van der Waals surface area contributed by atoms with E-state index in [1.54, 1.807) is 0 Å². The molecule has 0 aliphatic carbocycles. The van der Waals surface area contributed by atoms with Crippen molar-refractivity contribution in [1.29, 1.82) is 0 Å². The van der Waals surface area contributed by atoms with Crippen LogP contribution in [0.15, 0.2) is 0 Å². The quantitative estimate of drug-likeness (QED) is 0.0498. The van der Waals surface area contributed by atoms with Gasteiger partial charge in [-0.2, -0.15) is 0 Å². The summed E-state index contributed by atoms with van der Waals surface area (Å²) in [7, 11) is 0. The number of fused-ring (bicyclic) bond motifs is 1. The molecule has 2 saturated heterocycles. The third-order valence-electron chi connectivity index (χ3n) is 6.74. The highest BCUT2D eigenvalue weighted by Gasteiger charge is 2.57. The number of rotatable bonds is 20. The van der Waals surface area contributed by atoms with Crippen LogP contribution in [0.1, 0.15) is 51.4 Å². The fraction of sp³-hybridized carbons (Fsp3) is 0.680. The Kier molecular flexibility index (Phi) is 14.5. The molecule has 17 nitrogen and oxygen atoms in total. The number of thioether (sulfide) groups is 1. The highest BCUT2D eigenvalue weighted by Crippen LogP contribution is 2.44. The average molecular weight is 630 g/mol. The molecule has 0 aromatic carbocycles. The lowest BCUT2D eigenvalue weighted by atomic mass is 9.88. The number of hydrogen-bond donors (Lipinski definition) is 9. The maximum atomic E-state index is 13.3. The van der Waals surface area contributed by atoms with Crippen LogP contribution in [0.3, 0.4) is 0 Å². The number of hydrogen-bond acceptors (Lipinski definition) is 9. The van der Waals surface area contributed by atoms with Crippen LogP contribution in [0.5, 0.6) is 0 Å². The summed E-state index contributed by atoms with van der Waals surface area (Å²) >= 11 is 1.46. The fourth-order valence-corrected chi connectivity index (χ4v) is 6.23. The highest BCUT2D eigenvalue weighted by molar-refractivity contribution is 8.01. The Bertz CT molecular complexity index is 1080. The van der Waals surface area contributed by atoms with E-state index in [9.17, 15) is 38.4 Å². The summed E-state index contributed by atoms with van der Waals surface area (Å²) in [5.74, 6) is -4.10. The highest BCUT2D eigenvalue weighted by atomic mass is 32.2. The first kappa shape index (κ1) is 35.1. The van der Waals surface area contributed by atoms with Crippen molar-refractivity contribution < 1.29 is 48.6 Å². The van der Waals surface area contributed by atoms with Gasteiger partial charge in [0.05, 0.1) is 31.7 Å². The molecule has 7 amide bonds. The van der Waals surface area contributed by atoms with Crippen LogP contribution in [-0.4, -0.2) is 113 Å². The number of unbranched alkanes of at least 4 members (excludes halogenated alkanes) is 3. The molecule has 9 N–H and O–H groups in total. The number of aliphatic carboxylic acids is 2. The van der Waals surface area contributed by atoms with E-state index in [0.717, 1.165) is 0 Å². The van der Waals surface area contributed by atoms with Crippen LogP contribution in [0.4, 0.5) is 4.79 Å². The van der Waals surface area contributed by atoms with Crippen LogP contribution >= 0.6 is 11.8 Å². The molecule has 2 aliphatic rings. The molecule has 2 fully saturated rings. The molecule has 0 spiro atoms. The molecule has 43 heavy (non-hydrogen) atoms. The lowest BCUT2D eigenvalue weighted by molar-refractivity contribution is -0.138. The van der Waals surface area contributed by atoms with Crippen molar-refractivity contribution in [3.8, 4) is 0 Å². The van der Waals surface area contributed by atoms with Crippen molar-refractivity contribution in [1.82, 2.24) is 37.2 Å². The van der Waals surface area contributed by atoms with Crippen LogP contribution < -0.4 is 37.2 Å². The van der Waals surface area contributed by atoms with Gasteiger partial charge < -0.3 is 47.4 Å². The maximum absolute atomic E-state index is 13.3. The minimum Gasteiger partial charge on any atom is -0.481 e. The van der Waals surface area contributed by atoms with Gasteiger partial charge >= 0.3 is 18.0 Å². The summed E-state index contributed by atoms with van der Waals surface area (Å²) in [5.41, 5.74) is 0. The molecule has 18 heteroatoms. The van der Waals surface area contributed by atoms with Gasteiger partial charge in [-0.05, 0) is 25.7 Å². The van der Waals surface area contributed by atoms with Crippen molar-refractivity contribution >= 4 is 59.3 Å². The van der Waals surface area contributed by atoms with Crippen molar-refractivity contribution in [2.24, 2.45) is 0 Å². The van der Waals surface area contributed by atoms with Gasteiger partial charge in [0.2, 0.25) is 29.5 Å². The SMILES string of the molecule is O=C(O)CCCC[C@]1(C(=O)NCCCCCC(=O)NCC(=O)NCC(=O)NCC(=O)NCC(=O)O)SC[C@@H]2NC(=O)N[C@@H]21. The van der Waals surface area contributed by atoms with Gasteiger partial charge in [-0.3, -0.25) is 33.6 Å². The lowest BCUT2D eigenvalue weighted by Gasteiger charge is -2.32. The Morgan fingerprint density at radius 2 is 1.28 bits per heavy atom. The Hall–Kier alpha value is -4.09. The standard InChI is InChI=1S/C25H39N7O10S/c33-16(27-10-17(34)28-11-18(35)29-12-19(36)30-13-21(39)40)6-2-1-5-9-26-23(41)25(8-4-3-7-20(37)38)22-15(14-43-25)31-24(42)32-22/h15,22H,1-14H2,(H,26,41)(H,27,33)(H,28,34)(H,29,35)(H,30,36)(H,37,38)(H,39,40)(H2,31,32,42)/t15-,22-,25-/m0/s1. The molecule has 0 radical (unpaired) electrons. The van der Waals surface area contributed by atoms with Gasteiger partial charge in [0.25, 0.3) is 0 Å². The number of amides is 7. The zero-order chi connectivity index (χ0) is 31.8. The largest absolute Gasteiger partial charge is 0.481 e. The Balaban J connectivity index is 1.59. The third-order valence-corrected chi connectivity index (χ3v) is 8.43. The molecular formula is C25H39N7O10S. The van der Waals surface area contributed by atoms with Crippen LogP contribution in [0, 0.1) is 0 Å². The smallest absolute Gasteiger partial charge is 0.322 e. The fourth-order valence-electron chi connectivity index (χ4n) is 4.58. The number of urea groups is 1. The van der Waals surface area contributed by atoms with E-state index < -0.39 is 54.0 Å². The first-order chi connectivity index (χ1) is 20.4. The molecule has 3 atom stereocenters. The van der Waals surface area contributed by atoms with E-state index in [1.165, 1.54) is 11.8 Å². The van der Waals surface area contributed by atoms with E-state index in [-0.39, 0.29) is 49.3 Å². The number of carbonyl (C=O) groups excluding carboxylic acids is 6. The molecule has 0 bridgehead atoms. The number of carboxylic acids is 2. The molecule has 2 rings (SSSR count). The number of carbonyl (C=O) groups is 8. The van der Waals surface area contributed by atoms with Crippen molar-refractivity contribution in [3.63, 3.8) is 0 Å². The molecule has 0 aromatic rings. The monoisotopic (exact) mass is 629 g/mol. The zero-order valence-corrected chi connectivity index (χ0v) is 24.4. The van der Waals surface area contributed by atoms with Crippen molar-refractivity contribution in [2.75, 3.05) is 38.5 Å². The summed E-state index contributed by atoms with van der Waals surface area (Å²) in [5, 5.41) is 35.0.